The second-order valence-corrected chi connectivity index (χ2v) is 8.52. The summed E-state index contributed by atoms with van der Waals surface area (Å²) >= 11 is 1.89. The lowest BCUT2D eigenvalue weighted by molar-refractivity contribution is 0.218. The first kappa shape index (κ1) is 17.5. The molecule has 1 atom stereocenters. The normalized spacial score (nSPS) is 17.7. The van der Waals surface area contributed by atoms with Crippen LogP contribution in [0, 0.1) is 5.82 Å². The molecule has 24 heavy (non-hydrogen) atoms. The number of halogens is 1. The molecule has 8 heteroatoms. The van der Waals surface area contributed by atoms with E-state index in [4.69, 9.17) is 4.42 Å². The van der Waals surface area contributed by atoms with Gasteiger partial charge in [-0.25, -0.2) is 17.5 Å². The number of hydrogen-bond acceptors (Lipinski definition) is 5. The Balaban J connectivity index is 1.75. The van der Waals surface area contributed by atoms with E-state index >= 15 is 0 Å². The third kappa shape index (κ3) is 4.18. The summed E-state index contributed by atoms with van der Waals surface area (Å²) in [6, 6.07) is 6.76. The predicted octanol–water partition coefficient (Wildman–Crippen LogP) is 2.49. The molecule has 0 unspecified atom stereocenters. The average molecular weight is 370 g/mol. The molecule has 1 N–H and O–H groups in total. The molecule has 1 fully saturated rings. The quantitative estimate of drug-likeness (QED) is 0.846. The number of rotatable bonds is 6. The monoisotopic (exact) mass is 370 g/mol. The maximum absolute atomic E-state index is 13.3. The summed E-state index contributed by atoms with van der Waals surface area (Å²) < 4.78 is 45.9. The molecule has 0 spiro atoms. The lowest BCUT2D eigenvalue weighted by Gasteiger charge is -2.33. The first-order chi connectivity index (χ1) is 11.6. The molecule has 1 saturated heterocycles. The Morgan fingerprint density at radius 2 is 2.08 bits per heavy atom. The van der Waals surface area contributed by atoms with Crippen LogP contribution in [0.1, 0.15) is 11.6 Å². The van der Waals surface area contributed by atoms with Gasteiger partial charge in [0, 0.05) is 36.7 Å². The molecule has 0 saturated carbocycles. The molecular weight excluding hydrogens is 351 g/mol. The Bertz CT molecular complexity index is 759. The molecule has 0 radical (unpaired) electrons. The lowest BCUT2D eigenvalue weighted by atomic mass is 10.1. The van der Waals surface area contributed by atoms with E-state index in [0.29, 0.717) is 0 Å². The molecule has 1 aliphatic rings. The Morgan fingerprint density at radius 1 is 1.29 bits per heavy atom. The maximum Gasteiger partial charge on any atom is 0.240 e. The van der Waals surface area contributed by atoms with Gasteiger partial charge in [-0.15, -0.1) is 0 Å². The molecule has 0 bridgehead atoms. The van der Waals surface area contributed by atoms with E-state index in [-0.39, 0.29) is 17.5 Å². The second-order valence-electron chi connectivity index (χ2n) is 5.53. The van der Waals surface area contributed by atoms with E-state index in [1.165, 1.54) is 18.2 Å². The predicted molar refractivity (Wildman–Crippen MR) is 91.9 cm³/mol. The second kappa shape index (κ2) is 7.69. The van der Waals surface area contributed by atoms with E-state index in [2.05, 4.69) is 9.62 Å². The zero-order valence-electron chi connectivity index (χ0n) is 13.0. The fourth-order valence-electron chi connectivity index (χ4n) is 2.72. The number of thioether (sulfide) groups is 1. The first-order valence-corrected chi connectivity index (χ1v) is 10.3. The highest BCUT2D eigenvalue weighted by molar-refractivity contribution is 7.99. The molecule has 130 valence electrons. The topological polar surface area (TPSA) is 62.6 Å². The minimum atomic E-state index is -3.76. The van der Waals surface area contributed by atoms with Crippen molar-refractivity contribution in [2.45, 2.75) is 10.9 Å². The smallest absolute Gasteiger partial charge is 0.240 e. The Kier molecular flexibility index (Phi) is 5.60. The number of sulfonamides is 1. The molecule has 2 aromatic rings. The highest BCUT2D eigenvalue weighted by atomic mass is 32.2. The zero-order valence-corrected chi connectivity index (χ0v) is 14.7. The van der Waals surface area contributed by atoms with Crippen LogP contribution < -0.4 is 4.72 Å². The van der Waals surface area contributed by atoms with Crippen LogP contribution in [0.2, 0.25) is 0 Å². The van der Waals surface area contributed by atoms with Gasteiger partial charge >= 0.3 is 0 Å². The third-order valence-electron chi connectivity index (χ3n) is 3.99. The summed E-state index contributed by atoms with van der Waals surface area (Å²) in [4.78, 5) is 2.18. The first-order valence-electron chi connectivity index (χ1n) is 7.65. The van der Waals surface area contributed by atoms with Crippen LogP contribution in [0.25, 0.3) is 0 Å². The van der Waals surface area contributed by atoms with Gasteiger partial charge in [-0.1, -0.05) is 6.07 Å². The highest BCUT2D eigenvalue weighted by Gasteiger charge is 2.25. The van der Waals surface area contributed by atoms with Crippen LogP contribution in [-0.2, 0) is 10.0 Å². The summed E-state index contributed by atoms with van der Waals surface area (Å²) in [6.45, 7) is 1.99. The summed E-state index contributed by atoms with van der Waals surface area (Å²) in [7, 11) is -3.76. The Labute approximate surface area is 145 Å². The van der Waals surface area contributed by atoms with Gasteiger partial charge in [0.1, 0.15) is 5.82 Å². The van der Waals surface area contributed by atoms with E-state index in [0.717, 1.165) is 36.2 Å². The van der Waals surface area contributed by atoms with E-state index in [1.54, 1.807) is 12.5 Å². The van der Waals surface area contributed by atoms with Crippen molar-refractivity contribution in [3.05, 3.63) is 54.2 Å². The van der Waals surface area contributed by atoms with Crippen LogP contribution in [-0.4, -0.2) is 44.5 Å². The number of hydrogen-bond donors (Lipinski definition) is 1. The largest absolute Gasteiger partial charge is 0.472 e. The number of furan rings is 1. The van der Waals surface area contributed by atoms with E-state index in [1.807, 2.05) is 17.8 Å². The SMILES string of the molecule is O=S(=O)(NC[C@H](c1ccoc1)N1CCSCC1)c1cccc(F)c1. The molecule has 0 amide bonds. The minimum absolute atomic E-state index is 0.0670. The van der Waals surface area contributed by atoms with Crippen molar-refractivity contribution in [2.75, 3.05) is 31.1 Å². The zero-order chi connectivity index (χ0) is 17.0. The van der Waals surface area contributed by atoms with Crippen LogP contribution in [0.3, 0.4) is 0 Å². The fourth-order valence-corrected chi connectivity index (χ4v) is 4.72. The van der Waals surface area contributed by atoms with Crippen molar-refractivity contribution in [2.24, 2.45) is 0 Å². The molecular formula is C16H19FN2O3S2. The standard InChI is InChI=1S/C16H19FN2O3S2/c17-14-2-1-3-15(10-14)24(20,21)18-11-16(13-4-7-22-12-13)19-5-8-23-9-6-19/h1-4,7,10,12,16,18H,5-6,8-9,11H2/t16-/m1/s1. The number of nitrogens with zero attached hydrogens (tertiary/aromatic N) is 1. The van der Waals surface area contributed by atoms with Gasteiger partial charge in [0.2, 0.25) is 10.0 Å². The van der Waals surface area contributed by atoms with Gasteiger partial charge in [0.25, 0.3) is 0 Å². The van der Waals surface area contributed by atoms with Gasteiger partial charge in [0.05, 0.1) is 23.5 Å². The Hall–Kier alpha value is -1.35. The average Bonchev–Trinajstić information content (AvgIpc) is 3.10. The van der Waals surface area contributed by atoms with Crippen molar-refractivity contribution >= 4 is 21.8 Å². The van der Waals surface area contributed by atoms with Crippen LogP contribution in [0.4, 0.5) is 4.39 Å². The third-order valence-corrected chi connectivity index (χ3v) is 6.35. The molecule has 1 aromatic carbocycles. The summed E-state index contributed by atoms with van der Waals surface area (Å²) in [5.74, 6) is 1.47. The molecule has 3 rings (SSSR count). The van der Waals surface area contributed by atoms with Crippen molar-refractivity contribution in [3.63, 3.8) is 0 Å². The van der Waals surface area contributed by atoms with Crippen LogP contribution in [0.15, 0.2) is 52.2 Å². The van der Waals surface area contributed by atoms with Gasteiger partial charge in [-0.05, 0) is 24.3 Å². The molecule has 0 aliphatic carbocycles. The van der Waals surface area contributed by atoms with E-state index in [9.17, 15) is 12.8 Å². The molecule has 1 aromatic heterocycles. The van der Waals surface area contributed by atoms with Crippen molar-refractivity contribution < 1.29 is 17.2 Å². The summed E-state index contributed by atoms with van der Waals surface area (Å²) in [5.41, 5.74) is 0.934. The van der Waals surface area contributed by atoms with Crippen molar-refractivity contribution in [1.29, 1.82) is 0 Å². The van der Waals surface area contributed by atoms with Gasteiger partial charge < -0.3 is 4.42 Å². The van der Waals surface area contributed by atoms with E-state index < -0.39 is 15.8 Å². The fraction of sp³-hybridized carbons (Fsp3) is 0.375. The summed E-state index contributed by atoms with van der Waals surface area (Å²) in [6.07, 6.45) is 3.23. The number of benzene rings is 1. The summed E-state index contributed by atoms with van der Waals surface area (Å²) in [5, 5.41) is 0. The van der Waals surface area contributed by atoms with Crippen molar-refractivity contribution in [3.8, 4) is 0 Å². The Morgan fingerprint density at radius 3 is 2.75 bits per heavy atom. The lowest BCUT2D eigenvalue weighted by Crippen LogP contribution is -2.41. The van der Waals surface area contributed by atoms with Crippen LogP contribution in [0.5, 0.6) is 0 Å². The minimum Gasteiger partial charge on any atom is -0.472 e. The van der Waals surface area contributed by atoms with Crippen LogP contribution >= 0.6 is 11.8 Å². The maximum atomic E-state index is 13.3. The molecule has 5 nitrogen and oxygen atoms in total. The van der Waals surface area contributed by atoms with Crippen molar-refractivity contribution in [1.82, 2.24) is 9.62 Å². The highest BCUT2D eigenvalue weighted by Crippen LogP contribution is 2.24. The molecule has 2 heterocycles. The number of nitrogens with one attached hydrogen (secondary N) is 1. The van der Waals surface area contributed by atoms with Gasteiger partial charge in [-0.3, -0.25) is 4.90 Å². The van der Waals surface area contributed by atoms with Gasteiger partial charge in [-0.2, -0.15) is 11.8 Å². The molecule has 1 aliphatic heterocycles. The van der Waals surface area contributed by atoms with Gasteiger partial charge in [0.15, 0.2) is 0 Å².